The van der Waals surface area contributed by atoms with Crippen molar-refractivity contribution in [2.45, 2.75) is 18.1 Å². The summed E-state index contributed by atoms with van der Waals surface area (Å²) in [6.07, 6.45) is 2.69. The number of nitrogens with zero attached hydrogens (tertiary/aromatic N) is 5. The Morgan fingerprint density at radius 1 is 1.00 bits per heavy atom. The van der Waals surface area contributed by atoms with Gasteiger partial charge in [0, 0.05) is 39.0 Å². The quantitative estimate of drug-likeness (QED) is 0.412. The van der Waals surface area contributed by atoms with Crippen LogP contribution in [0.15, 0.2) is 56.7 Å². The number of hydrogen-bond acceptors (Lipinski definition) is 8. The van der Waals surface area contributed by atoms with Crippen molar-refractivity contribution in [1.29, 1.82) is 0 Å². The molecule has 0 unspecified atom stereocenters. The first-order chi connectivity index (χ1) is 16.2. The predicted molar refractivity (Wildman–Crippen MR) is 120 cm³/mol. The molecule has 1 aromatic carbocycles. The molecule has 1 N–H and O–H groups in total. The minimum atomic E-state index is -0.150. The van der Waals surface area contributed by atoms with E-state index in [9.17, 15) is 9.59 Å². The van der Waals surface area contributed by atoms with Crippen molar-refractivity contribution < 1.29 is 18.4 Å². The number of nitrogens with one attached hydrogen (secondary N) is 1. The van der Waals surface area contributed by atoms with E-state index in [1.54, 1.807) is 21.9 Å². The number of imidazole rings is 1. The first-order valence-electron chi connectivity index (χ1n) is 10.6. The van der Waals surface area contributed by atoms with Crippen molar-refractivity contribution in [2.24, 2.45) is 0 Å². The number of benzene rings is 1. The van der Waals surface area contributed by atoms with Crippen LogP contribution in [0.25, 0.3) is 11.0 Å². The van der Waals surface area contributed by atoms with E-state index in [0.717, 1.165) is 16.9 Å². The van der Waals surface area contributed by atoms with Crippen molar-refractivity contribution in [2.75, 3.05) is 31.9 Å². The van der Waals surface area contributed by atoms with Gasteiger partial charge in [-0.25, -0.2) is 4.98 Å². The van der Waals surface area contributed by atoms with Crippen molar-refractivity contribution in [3.05, 3.63) is 60.1 Å². The zero-order valence-electron chi connectivity index (χ0n) is 17.8. The van der Waals surface area contributed by atoms with Crippen LogP contribution in [0.3, 0.4) is 0 Å². The number of hydrogen-bond donors (Lipinski definition) is 1. The lowest BCUT2D eigenvalue weighted by Gasteiger charge is -2.34. The van der Waals surface area contributed by atoms with Crippen LogP contribution in [-0.4, -0.2) is 73.7 Å². The third-order valence-electron chi connectivity index (χ3n) is 5.43. The Bertz CT molecular complexity index is 1210. The minimum absolute atomic E-state index is 0.0212. The lowest BCUT2D eigenvalue weighted by atomic mass is 10.3. The summed E-state index contributed by atoms with van der Waals surface area (Å²) in [7, 11) is 0. The standard InChI is InChI=1S/C22H22N6O4S/c29-20(27-9-11-28(12-10-27)21(30)17-6-3-13-31-17)14-33-22-26-25-19(32-22)8-7-18-23-15-4-1-2-5-16(15)24-18/h1-6,13H,7-12,14H2,(H,23,24). The van der Waals surface area contributed by atoms with E-state index in [0.29, 0.717) is 55.9 Å². The van der Waals surface area contributed by atoms with Crippen molar-refractivity contribution in [1.82, 2.24) is 30.0 Å². The number of amides is 2. The van der Waals surface area contributed by atoms with Gasteiger partial charge in [-0.05, 0) is 24.3 Å². The molecule has 1 aliphatic rings. The molecule has 1 fully saturated rings. The average Bonchev–Trinajstić information content (AvgIpc) is 3.61. The van der Waals surface area contributed by atoms with E-state index < -0.39 is 0 Å². The van der Waals surface area contributed by atoms with Gasteiger partial charge in [-0.2, -0.15) is 0 Å². The van der Waals surface area contributed by atoms with Gasteiger partial charge in [0.1, 0.15) is 5.82 Å². The van der Waals surface area contributed by atoms with Gasteiger partial charge in [0.15, 0.2) is 5.76 Å². The average molecular weight is 467 g/mol. The normalized spacial score (nSPS) is 14.2. The summed E-state index contributed by atoms with van der Waals surface area (Å²) in [6.45, 7) is 1.92. The van der Waals surface area contributed by atoms with Crippen molar-refractivity contribution in [3.63, 3.8) is 0 Å². The Morgan fingerprint density at radius 2 is 1.82 bits per heavy atom. The molecule has 1 aliphatic heterocycles. The zero-order valence-corrected chi connectivity index (χ0v) is 18.6. The summed E-state index contributed by atoms with van der Waals surface area (Å²) in [6, 6.07) is 11.2. The number of H-pyrrole nitrogens is 1. The van der Waals surface area contributed by atoms with E-state index in [1.165, 1.54) is 18.0 Å². The molecule has 170 valence electrons. The van der Waals surface area contributed by atoms with Gasteiger partial charge in [0.25, 0.3) is 11.1 Å². The van der Waals surface area contributed by atoms with E-state index in [-0.39, 0.29) is 17.6 Å². The van der Waals surface area contributed by atoms with E-state index in [1.807, 2.05) is 24.3 Å². The van der Waals surface area contributed by atoms with Crippen LogP contribution in [0.2, 0.25) is 0 Å². The molecular weight excluding hydrogens is 444 g/mol. The highest BCUT2D eigenvalue weighted by Crippen LogP contribution is 2.19. The minimum Gasteiger partial charge on any atom is -0.459 e. The molecule has 11 heteroatoms. The highest BCUT2D eigenvalue weighted by molar-refractivity contribution is 7.99. The molecular formula is C22H22N6O4S. The second-order valence-electron chi connectivity index (χ2n) is 7.60. The summed E-state index contributed by atoms with van der Waals surface area (Å²) < 4.78 is 10.8. The number of para-hydroxylation sites is 2. The number of fused-ring (bicyclic) bond motifs is 1. The highest BCUT2D eigenvalue weighted by atomic mass is 32.2. The molecule has 0 radical (unpaired) electrons. The zero-order chi connectivity index (χ0) is 22.6. The molecule has 10 nitrogen and oxygen atoms in total. The van der Waals surface area contributed by atoms with Gasteiger partial charge in [-0.3, -0.25) is 9.59 Å². The van der Waals surface area contributed by atoms with Crippen molar-refractivity contribution >= 4 is 34.6 Å². The number of aromatic nitrogens is 4. The molecule has 0 saturated carbocycles. The number of aromatic amines is 1. The maximum atomic E-state index is 12.6. The molecule has 1 saturated heterocycles. The number of carbonyl (C=O) groups excluding carboxylic acids is 2. The van der Waals surface area contributed by atoms with Gasteiger partial charge in [0.2, 0.25) is 11.8 Å². The number of thioether (sulfide) groups is 1. The summed E-state index contributed by atoms with van der Waals surface area (Å²) in [5.74, 6) is 1.73. The second kappa shape index (κ2) is 9.49. The van der Waals surface area contributed by atoms with Crippen LogP contribution in [0.5, 0.6) is 0 Å². The van der Waals surface area contributed by atoms with Crippen LogP contribution in [0.4, 0.5) is 0 Å². The van der Waals surface area contributed by atoms with Crippen LogP contribution in [0, 0.1) is 0 Å². The second-order valence-corrected chi connectivity index (χ2v) is 8.53. The maximum Gasteiger partial charge on any atom is 0.289 e. The van der Waals surface area contributed by atoms with Crippen molar-refractivity contribution in [3.8, 4) is 0 Å². The smallest absolute Gasteiger partial charge is 0.289 e. The number of rotatable bonds is 7. The molecule has 2 amide bonds. The fourth-order valence-corrected chi connectivity index (χ4v) is 4.36. The Morgan fingerprint density at radius 3 is 2.61 bits per heavy atom. The predicted octanol–water partition coefficient (Wildman–Crippen LogP) is 2.40. The fraction of sp³-hybridized carbons (Fsp3) is 0.318. The molecule has 33 heavy (non-hydrogen) atoms. The summed E-state index contributed by atoms with van der Waals surface area (Å²) in [5.41, 5.74) is 1.93. The molecule has 4 heterocycles. The summed E-state index contributed by atoms with van der Waals surface area (Å²) >= 11 is 1.22. The Labute approximate surface area is 193 Å². The lowest BCUT2D eigenvalue weighted by molar-refractivity contribution is -0.129. The largest absolute Gasteiger partial charge is 0.459 e. The summed E-state index contributed by atoms with van der Waals surface area (Å²) in [4.78, 5) is 36.2. The number of carbonyl (C=O) groups is 2. The third kappa shape index (κ3) is 4.92. The third-order valence-corrected chi connectivity index (χ3v) is 6.24. The Balaban J connectivity index is 1.07. The van der Waals surface area contributed by atoms with Gasteiger partial charge in [-0.15, -0.1) is 10.2 Å². The van der Waals surface area contributed by atoms with E-state index in [4.69, 9.17) is 8.83 Å². The monoisotopic (exact) mass is 466 g/mol. The van der Waals surface area contributed by atoms with Gasteiger partial charge in [0.05, 0.1) is 23.0 Å². The lowest BCUT2D eigenvalue weighted by Crippen LogP contribution is -2.51. The van der Waals surface area contributed by atoms with Gasteiger partial charge < -0.3 is 23.6 Å². The topological polar surface area (TPSA) is 121 Å². The molecule has 3 aromatic heterocycles. The highest BCUT2D eigenvalue weighted by Gasteiger charge is 2.26. The first-order valence-corrected chi connectivity index (χ1v) is 11.6. The van der Waals surface area contributed by atoms with E-state index in [2.05, 4.69) is 20.2 Å². The van der Waals surface area contributed by atoms with Crippen LogP contribution >= 0.6 is 11.8 Å². The van der Waals surface area contributed by atoms with Crippen LogP contribution in [0.1, 0.15) is 22.3 Å². The van der Waals surface area contributed by atoms with Gasteiger partial charge >= 0.3 is 0 Å². The SMILES string of the molecule is O=C(CSc1nnc(CCc2nc3ccccc3[nH]2)o1)N1CCN(C(=O)c2ccco2)CC1. The fourth-order valence-electron chi connectivity index (χ4n) is 3.68. The molecule has 4 aromatic rings. The number of furan rings is 1. The summed E-state index contributed by atoms with van der Waals surface area (Å²) in [5, 5.41) is 8.48. The molecule has 0 spiro atoms. The number of piperazine rings is 1. The van der Waals surface area contributed by atoms with Gasteiger partial charge in [-0.1, -0.05) is 23.9 Å². The first kappa shape index (κ1) is 21.3. The molecule has 5 rings (SSSR count). The molecule has 0 bridgehead atoms. The molecule has 0 aliphatic carbocycles. The molecule has 0 atom stereocenters. The van der Waals surface area contributed by atoms with E-state index >= 15 is 0 Å². The van der Waals surface area contributed by atoms with Crippen LogP contribution in [-0.2, 0) is 17.6 Å². The Hall–Kier alpha value is -3.60. The number of aryl methyl sites for hydroxylation is 2. The maximum absolute atomic E-state index is 12.6. The Kier molecular flexibility index (Phi) is 6.11. The van der Waals surface area contributed by atoms with Crippen LogP contribution < -0.4 is 0 Å².